The highest BCUT2D eigenvalue weighted by Gasteiger charge is 2.48. The summed E-state index contributed by atoms with van der Waals surface area (Å²) >= 11 is 6.27. The van der Waals surface area contributed by atoms with Gasteiger partial charge in [-0.25, -0.2) is 8.78 Å². The van der Waals surface area contributed by atoms with Crippen molar-refractivity contribution in [3.8, 4) is 0 Å². The van der Waals surface area contributed by atoms with Gasteiger partial charge in [-0.2, -0.15) is 0 Å². The molecule has 2 N–H and O–H groups in total. The van der Waals surface area contributed by atoms with E-state index in [1.807, 2.05) is 36.4 Å². The van der Waals surface area contributed by atoms with Gasteiger partial charge in [-0.1, -0.05) is 41.9 Å². The van der Waals surface area contributed by atoms with Crippen LogP contribution in [0.15, 0.2) is 54.7 Å². The number of pyridine rings is 1. The van der Waals surface area contributed by atoms with Crippen molar-refractivity contribution in [1.82, 2.24) is 4.98 Å². The first-order valence-corrected chi connectivity index (χ1v) is 12.5. The van der Waals surface area contributed by atoms with Crippen LogP contribution in [0.5, 0.6) is 0 Å². The number of alkyl halides is 2. The molecule has 2 aliphatic rings. The van der Waals surface area contributed by atoms with Crippen LogP contribution in [0.4, 0.5) is 20.2 Å². The third-order valence-corrected chi connectivity index (χ3v) is 6.91. The number of halogens is 3. The van der Waals surface area contributed by atoms with Gasteiger partial charge in [-0.3, -0.25) is 9.78 Å². The van der Waals surface area contributed by atoms with E-state index < -0.39 is 30.6 Å². The number of ether oxygens (including phenoxy) is 2. The van der Waals surface area contributed by atoms with Gasteiger partial charge in [0, 0.05) is 41.8 Å². The zero-order valence-corrected chi connectivity index (χ0v) is 20.4. The zero-order valence-electron chi connectivity index (χ0n) is 19.7. The molecule has 190 valence electrons. The summed E-state index contributed by atoms with van der Waals surface area (Å²) in [7, 11) is 0. The minimum Gasteiger partial charge on any atom is -0.380 e. The molecule has 1 amide bonds. The summed E-state index contributed by atoms with van der Waals surface area (Å²) in [6, 6.07) is 15.4. The second kappa shape index (κ2) is 10.7. The molecule has 0 spiro atoms. The molecule has 5 rings (SSSR count). The quantitative estimate of drug-likeness (QED) is 0.382. The zero-order chi connectivity index (χ0) is 25.1. The number of amides is 1. The van der Waals surface area contributed by atoms with E-state index in [-0.39, 0.29) is 12.1 Å². The lowest BCUT2D eigenvalue weighted by Gasteiger charge is -2.34. The van der Waals surface area contributed by atoms with Crippen molar-refractivity contribution in [2.24, 2.45) is 5.92 Å². The first-order valence-electron chi connectivity index (χ1n) is 12.1. The Balaban J connectivity index is 1.29. The summed E-state index contributed by atoms with van der Waals surface area (Å²) < 4.78 is 38.4. The van der Waals surface area contributed by atoms with E-state index >= 15 is 0 Å². The Morgan fingerprint density at radius 1 is 1.19 bits per heavy atom. The van der Waals surface area contributed by atoms with Gasteiger partial charge in [0.15, 0.2) is 0 Å². The second-order valence-corrected chi connectivity index (χ2v) is 9.95. The highest BCUT2D eigenvalue weighted by Crippen LogP contribution is 2.43. The first-order chi connectivity index (χ1) is 17.4. The smallest absolute Gasteiger partial charge is 0.249 e. The lowest BCUT2D eigenvalue weighted by molar-refractivity contribution is -0.145. The summed E-state index contributed by atoms with van der Waals surface area (Å²) in [5.41, 5.74) is 2.95. The Morgan fingerprint density at radius 3 is 2.78 bits per heavy atom. The van der Waals surface area contributed by atoms with Crippen molar-refractivity contribution in [2.45, 2.75) is 50.4 Å². The van der Waals surface area contributed by atoms with Crippen LogP contribution >= 0.6 is 11.6 Å². The van der Waals surface area contributed by atoms with Gasteiger partial charge in [-0.05, 0) is 36.6 Å². The van der Waals surface area contributed by atoms with E-state index in [1.54, 1.807) is 18.3 Å². The van der Waals surface area contributed by atoms with Crippen LogP contribution in [0.1, 0.15) is 31.2 Å². The van der Waals surface area contributed by atoms with E-state index in [9.17, 15) is 13.6 Å². The molecule has 6 nitrogen and oxygen atoms in total. The molecular weight excluding hydrogens is 488 g/mol. The van der Waals surface area contributed by atoms with E-state index in [0.717, 1.165) is 17.4 Å². The van der Waals surface area contributed by atoms with Crippen molar-refractivity contribution < 1.29 is 23.0 Å². The average molecular weight is 516 g/mol. The van der Waals surface area contributed by atoms with Crippen molar-refractivity contribution in [1.29, 1.82) is 0 Å². The minimum absolute atomic E-state index is 0.0531. The number of benzene rings is 2. The maximum Gasteiger partial charge on any atom is 0.249 e. The molecule has 2 aromatic carbocycles. The summed E-state index contributed by atoms with van der Waals surface area (Å²) in [6.45, 7) is 1.55. The molecule has 1 aliphatic heterocycles. The number of anilines is 2. The van der Waals surface area contributed by atoms with Crippen LogP contribution in [-0.4, -0.2) is 42.2 Å². The van der Waals surface area contributed by atoms with Crippen molar-refractivity contribution >= 4 is 39.8 Å². The molecule has 1 aromatic heterocycles. The highest BCUT2D eigenvalue weighted by atomic mass is 35.5. The molecule has 2 atom stereocenters. The van der Waals surface area contributed by atoms with Crippen molar-refractivity contribution in [2.75, 3.05) is 23.8 Å². The third-order valence-electron chi connectivity index (χ3n) is 6.68. The lowest BCUT2D eigenvalue weighted by Crippen LogP contribution is -2.42. The average Bonchev–Trinajstić information content (AvgIpc) is 2.85. The number of nitrogens with zero attached hydrogens (tertiary/aromatic N) is 1. The number of carbonyl (C=O) groups excluding carboxylic acids is 1. The number of carbonyl (C=O) groups is 1. The molecule has 1 saturated heterocycles. The first kappa shape index (κ1) is 24.9. The van der Waals surface area contributed by atoms with Gasteiger partial charge < -0.3 is 20.1 Å². The maximum atomic E-state index is 13.3. The largest absolute Gasteiger partial charge is 0.380 e. The number of aromatic nitrogens is 1. The fourth-order valence-corrected chi connectivity index (χ4v) is 4.88. The highest BCUT2D eigenvalue weighted by molar-refractivity contribution is 6.31. The van der Waals surface area contributed by atoms with E-state index in [1.165, 1.54) is 0 Å². The number of rotatable bonds is 8. The number of nitrogens with one attached hydrogen (secondary N) is 2. The van der Waals surface area contributed by atoms with E-state index in [2.05, 4.69) is 15.6 Å². The summed E-state index contributed by atoms with van der Waals surface area (Å²) in [5.74, 6) is -3.90. The molecule has 2 fully saturated rings. The van der Waals surface area contributed by atoms with E-state index in [4.69, 9.17) is 21.1 Å². The molecule has 0 radical (unpaired) electrons. The lowest BCUT2D eigenvalue weighted by atomic mass is 9.81. The number of fused-ring (bicyclic) bond motifs is 1. The van der Waals surface area contributed by atoms with Crippen LogP contribution in [-0.2, 0) is 20.9 Å². The third kappa shape index (κ3) is 5.94. The predicted molar refractivity (Wildman–Crippen MR) is 136 cm³/mol. The van der Waals surface area contributed by atoms with Gasteiger partial charge >= 0.3 is 0 Å². The fourth-order valence-electron chi connectivity index (χ4n) is 4.71. The van der Waals surface area contributed by atoms with Gasteiger partial charge in [0.25, 0.3) is 0 Å². The standard InChI is InChI=1S/C27H28ClF2N3O3/c28-19-6-7-23-22(10-19)25(24(14-31-23)33-26(34)18-12-27(29,30)13-18)32-20-8-9-36-21(11-20)16-35-15-17-4-2-1-3-5-17/h1-7,10,14,18,20-21H,8-9,11-13,15-16H2,(H,31,32)(H,33,34)/t20-,21+/m0/s1. The summed E-state index contributed by atoms with van der Waals surface area (Å²) in [4.78, 5) is 17.1. The van der Waals surface area contributed by atoms with Crippen LogP contribution in [0.25, 0.3) is 10.9 Å². The molecule has 3 aromatic rings. The topological polar surface area (TPSA) is 72.5 Å². The van der Waals surface area contributed by atoms with Crippen molar-refractivity contribution in [3.05, 3.63) is 65.3 Å². The number of hydrogen-bond acceptors (Lipinski definition) is 5. The second-order valence-electron chi connectivity index (χ2n) is 9.52. The maximum absolute atomic E-state index is 13.3. The van der Waals surface area contributed by atoms with Gasteiger partial charge in [0.05, 0.1) is 42.4 Å². The van der Waals surface area contributed by atoms with Gasteiger partial charge in [0.1, 0.15) is 0 Å². The molecule has 1 saturated carbocycles. The SMILES string of the molecule is O=C(Nc1cnc2ccc(Cl)cc2c1N[C@H]1CCO[C@@H](COCc2ccccc2)C1)C1CC(F)(F)C1. The molecule has 1 aliphatic carbocycles. The van der Waals surface area contributed by atoms with Gasteiger partial charge in [-0.15, -0.1) is 0 Å². The van der Waals surface area contributed by atoms with Crippen LogP contribution in [0, 0.1) is 5.92 Å². The Bertz CT molecular complexity index is 1220. The molecule has 9 heteroatoms. The fraction of sp³-hybridized carbons (Fsp3) is 0.407. The van der Waals surface area contributed by atoms with E-state index in [0.29, 0.717) is 48.2 Å². The van der Waals surface area contributed by atoms with Crippen LogP contribution in [0.2, 0.25) is 5.02 Å². The monoisotopic (exact) mass is 515 g/mol. The molecular formula is C27H28ClF2N3O3. The Kier molecular flexibility index (Phi) is 7.37. The Labute approximate surface area is 213 Å². The van der Waals surface area contributed by atoms with Crippen molar-refractivity contribution in [3.63, 3.8) is 0 Å². The van der Waals surface area contributed by atoms with Crippen LogP contribution in [0.3, 0.4) is 0 Å². The van der Waals surface area contributed by atoms with Gasteiger partial charge in [0.2, 0.25) is 11.8 Å². The Morgan fingerprint density at radius 2 is 2.00 bits per heavy atom. The molecule has 0 bridgehead atoms. The molecule has 36 heavy (non-hydrogen) atoms. The number of hydrogen-bond donors (Lipinski definition) is 2. The predicted octanol–water partition coefficient (Wildman–Crippen LogP) is 6.05. The van der Waals surface area contributed by atoms with Crippen LogP contribution < -0.4 is 10.6 Å². The Hall–Kier alpha value is -2.81. The normalized spacial score (nSPS) is 21.6. The minimum atomic E-state index is -2.77. The summed E-state index contributed by atoms with van der Waals surface area (Å²) in [5, 5.41) is 7.66. The molecule has 0 unspecified atom stereocenters. The molecule has 2 heterocycles. The summed E-state index contributed by atoms with van der Waals surface area (Å²) in [6.07, 6.45) is 2.10.